The fourth-order valence-electron chi connectivity index (χ4n) is 2.21. The number of ether oxygens (including phenoxy) is 1. The highest BCUT2D eigenvalue weighted by molar-refractivity contribution is 6.40. The Balaban J connectivity index is 2.06. The molecule has 1 aromatic rings. The highest BCUT2D eigenvalue weighted by Gasteiger charge is 2.26. The quantitative estimate of drug-likeness (QED) is 0.645. The van der Waals surface area contributed by atoms with E-state index >= 15 is 0 Å². The molecule has 1 heterocycles. The molecule has 0 saturated carbocycles. The molecule has 1 aromatic carbocycles. The molecule has 0 radical (unpaired) electrons. The number of nitrogens with one attached hydrogen (secondary N) is 1. The first kappa shape index (κ1) is 13.5. The number of methoxy groups -OCH3 is 1. The summed E-state index contributed by atoms with van der Waals surface area (Å²) in [6, 6.07) is 7.71. The third-order valence-electron chi connectivity index (χ3n) is 3.14. The average Bonchev–Trinajstić information content (AvgIpc) is 2.46. The molecule has 5 heteroatoms. The Kier molecular flexibility index (Phi) is 4.52. The van der Waals surface area contributed by atoms with Crippen LogP contribution in [0.2, 0.25) is 0 Å². The summed E-state index contributed by atoms with van der Waals surface area (Å²) >= 11 is 0. The highest BCUT2D eigenvalue weighted by atomic mass is 16.5. The summed E-state index contributed by atoms with van der Waals surface area (Å²) in [5.41, 5.74) is 1.97. The number of amides is 2. The smallest absolute Gasteiger partial charge is 0.316 e. The zero-order chi connectivity index (χ0) is 13.7. The minimum atomic E-state index is -0.575. The third-order valence-corrected chi connectivity index (χ3v) is 3.14. The van der Waals surface area contributed by atoms with Gasteiger partial charge in [-0.2, -0.15) is 0 Å². The number of hydrogen-bond acceptors (Lipinski definition) is 3. The lowest BCUT2D eigenvalue weighted by molar-refractivity contribution is -0.137. The highest BCUT2D eigenvalue weighted by Crippen LogP contribution is 2.26. The van der Waals surface area contributed by atoms with Crippen LogP contribution < -0.4 is 10.2 Å². The molecule has 0 unspecified atom stereocenters. The maximum absolute atomic E-state index is 12.1. The largest absolute Gasteiger partial charge is 0.383 e. The minimum Gasteiger partial charge on any atom is -0.383 e. The van der Waals surface area contributed by atoms with Crippen LogP contribution in [0.15, 0.2) is 24.3 Å². The Morgan fingerprint density at radius 2 is 2.16 bits per heavy atom. The number of rotatable bonds is 3. The van der Waals surface area contributed by atoms with Gasteiger partial charge in [-0.25, -0.2) is 0 Å². The molecular weight excluding hydrogens is 244 g/mol. The zero-order valence-corrected chi connectivity index (χ0v) is 11.0. The predicted octanol–water partition coefficient (Wildman–Crippen LogP) is 0.728. The van der Waals surface area contributed by atoms with Gasteiger partial charge < -0.3 is 15.0 Å². The number of anilines is 1. The molecule has 2 rings (SSSR count). The van der Waals surface area contributed by atoms with E-state index in [2.05, 4.69) is 5.32 Å². The van der Waals surface area contributed by atoms with Gasteiger partial charge in [-0.15, -0.1) is 0 Å². The van der Waals surface area contributed by atoms with E-state index in [-0.39, 0.29) is 0 Å². The van der Waals surface area contributed by atoms with Crippen LogP contribution >= 0.6 is 0 Å². The Labute approximate surface area is 112 Å². The van der Waals surface area contributed by atoms with Crippen LogP contribution in [0.3, 0.4) is 0 Å². The molecule has 0 bridgehead atoms. The first-order valence-electron chi connectivity index (χ1n) is 6.40. The molecule has 19 heavy (non-hydrogen) atoms. The molecule has 1 aliphatic heterocycles. The number of benzene rings is 1. The molecule has 0 spiro atoms. The van der Waals surface area contributed by atoms with E-state index in [9.17, 15) is 9.59 Å². The van der Waals surface area contributed by atoms with E-state index in [1.165, 1.54) is 0 Å². The fraction of sp³-hybridized carbons (Fsp3) is 0.429. The summed E-state index contributed by atoms with van der Waals surface area (Å²) in [7, 11) is 1.55. The lowest BCUT2D eigenvalue weighted by Gasteiger charge is -2.28. The van der Waals surface area contributed by atoms with Crippen LogP contribution in [-0.4, -0.2) is 38.6 Å². The van der Waals surface area contributed by atoms with Gasteiger partial charge in [0.15, 0.2) is 0 Å². The van der Waals surface area contributed by atoms with Gasteiger partial charge in [0.05, 0.1) is 6.61 Å². The number of para-hydroxylation sites is 1. The maximum Gasteiger partial charge on any atom is 0.316 e. The standard InChI is InChI=1S/C14H18N2O3/c1-19-10-8-15-13(17)14(18)16-9-4-6-11-5-2-3-7-12(11)16/h2-3,5,7H,4,6,8-10H2,1H3,(H,15,17). The molecule has 1 N–H and O–H groups in total. The van der Waals surface area contributed by atoms with Crippen LogP contribution in [0, 0.1) is 0 Å². The molecule has 2 amide bonds. The zero-order valence-electron chi connectivity index (χ0n) is 11.0. The third kappa shape index (κ3) is 3.12. The van der Waals surface area contributed by atoms with Crippen LogP contribution in [0.4, 0.5) is 5.69 Å². The number of hydrogen-bond donors (Lipinski definition) is 1. The Hall–Kier alpha value is -1.88. The Bertz CT molecular complexity index is 474. The van der Waals surface area contributed by atoms with Crippen LogP contribution in [0.5, 0.6) is 0 Å². The van der Waals surface area contributed by atoms with Gasteiger partial charge in [0.1, 0.15) is 0 Å². The lowest BCUT2D eigenvalue weighted by atomic mass is 10.0. The Morgan fingerprint density at radius 1 is 1.37 bits per heavy atom. The SMILES string of the molecule is COCCNC(=O)C(=O)N1CCCc2ccccc21. The van der Waals surface area contributed by atoms with Crippen molar-refractivity contribution in [1.29, 1.82) is 0 Å². The van der Waals surface area contributed by atoms with Crippen molar-refractivity contribution in [2.24, 2.45) is 0 Å². The number of carbonyl (C=O) groups excluding carboxylic acids is 2. The van der Waals surface area contributed by atoms with Gasteiger partial charge in [-0.3, -0.25) is 9.59 Å². The fourth-order valence-corrected chi connectivity index (χ4v) is 2.21. The van der Waals surface area contributed by atoms with E-state index in [4.69, 9.17) is 4.74 Å². The molecular formula is C14H18N2O3. The van der Waals surface area contributed by atoms with Crippen LogP contribution in [0.1, 0.15) is 12.0 Å². The van der Waals surface area contributed by atoms with Crippen molar-refractivity contribution >= 4 is 17.5 Å². The summed E-state index contributed by atoms with van der Waals surface area (Å²) in [6.07, 6.45) is 1.83. The van der Waals surface area contributed by atoms with Gasteiger partial charge in [0.2, 0.25) is 0 Å². The summed E-state index contributed by atoms with van der Waals surface area (Å²) in [5.74, 6) is -1.07. The van der Waals surface area contributed by atoms with Crippen molar-refractivity contribution in [3.8, 4) is 0 Å². The van der Waals surface area contributed by atoms with Crippen molar-refractivity contribution in [2.45, 2.75) is 12.8 Å². The molecule has 0 aliphatic carbocycles. The van der Waals surface area contributed by atoms with Crippen molar-refractivity contribution in [2.75, 3.05) is 31.7 Å². The van der Waals surface area contributed by atoms with E-state index in [1.54, 1.807) is 12.0 Å². The topological polar surface area (TPSA) is 58.6 Å². The second kappa shape index (κ2) is 6.33. The molecule has 0 fully saturated rings. The second-order valence-corrected chi connectivity index (χ2v) is 4.44. The van der Waals surface area contributed by atoms with Crippen LogP contribution in [-0.2, 0) is 20.7 Å². The summed E-state index contributed by atoms with van der Waals surface area (Å²) in [6.45, 7) is 1.33. The number of aryl methyl sites for hydroxylation is 1. The second-order valence-electron chi connectivity index (χ2n) is 4.44. The molecule has 1 aliphatic rings. The predicted molar refractivity (Wildman–Crippen MR) is 72.0 cm³/mol. The number of nitrogens with zero attached hydrogens (tertiary/aromatic N) is 1. The average molecular weight is 262 g/mol. The first-order valence-corrected chi connectivity index (χ1v) is 6.40. The number of fused-ring (bicyclic) bond motifs is 1. The first-order chi connectivity index (χ1) is 9.24. The molecule has 0 saturated heterocycles. The van der Waals surface area contributed by atoms with E-state index in [0.29, 0.717) is 19.7 Å². The monoisotopic (exact) mass is 262 g/mol. The van der Waals surface area contributed by atoms with Crippen molar-refractivity contribution < 1.29 is 14.3 Å². The van der Waals surface area contributed by atoms with Gasteiger partial charge in [-0.05, 0) is 24.5 Å². The van der Waals surface area contributed by atoms with E-state index < -0.39 is 11.8 Å². The van der Waals surface area contributed by atoms with Crippen molar-refractivity contribution in [3.63, 3.8) is 0 Å². The lowest BCUT2D eigenvalue weighted by Crippen LogP contribution is -2.45. The summed E-state index contributed by atoms with van der Waals surface area (Å²) in [4.78, 5) is 25.5. The van der Waals surface area contributed by atoms with Gasteiger partial charge in [-0.1, -0.05) is 18.2 Å². The molecule has 0 aromatic heterocycles. The summed E-state index contributed by atoms with van der Waals surface area (Å²) < 4.78 is 4.83. The summed E-state index contributed by atoms with van der Waals surface area (Å²) in [5, 5.41) is 2.56. The van der Waals surface area contributed by atoms with Gasteiger partial charge in [0, 0.05) is 25.9 Å². The Morgan fingerprint density at radius 3 is 2.95 bits per heavy atom. The van der Waals surface area contributed by atoms with E-state index in [1.807, 2.05) is 24.3 Å². The molecule has 5 nitrogen and oxygen atoms in total. The minimum absolute atomic E-state index is 0.344. The van der Waals surface area contributed by atoms with Crippen LogP contribution in [0.25, 0.3) is 0 Å². The number of carbonyl (C=O) groups is 2. The maximum atomic E-state index is 12.1. The van der Waals surface area contributed by atoms with Crippen molar-refractivity contribution in [1.82, 2.24) is 5.32 Å². The van der Waals surface area contributed by atoms with Gasteiger partial charge >= 0.3 is 11.8 Å². The normalized spacial score (nSPS) is 13.8. The molecule has 102 valence electrons. The van der Waals surface area contributed by atoms with E-state index in [0.717, 1.165) is 24.1 Å². The van der Waals surface area contributed by atoms with Gasteiger partial charge in [0.25, 0.3) is 0 Å². The van der Waals surface area contributed by atoms with Crippen molar-refractivity contribution in [3.05, 3.63) is 29.8 Å². The molecule has 0 atom stereocenters.